The average molecular weight is 372 g/mol. The van der Waals surface area contributed by atoms with E-state index in [1.165, 1.54) is 4.70 Å². The summed E-state index contributed by atoms with van der Waals surface area (Å²) < 4.78 is 3.33. The van der Waals surface area contributed by atoms with Crippen LogP contribution >= 0.6 is 11.3 Å². The number of anilines is 1. The molecule has 1 atom stereocenters. The fraction of sp³-hybridized carbons (Fsp3) is 0.200. The van der Waals surface area contributed by atoms with Crippen molar-refractivity contribution in [1.82, 2.24) is 19.5 Å². The zero-order chi connectivity index (χ0) is 18.5. The third-order valence-corrected chi connectivity index (χ3v) is 6.04. The van der Waals surface area contributed by atoms with Gasteiger partial charge in [0, 0.05) is 35.2 Å². The van der Waals surface area contributed by atoms with Crippen molar-refractivity contribution >= 4 is 27.4 Å². The summed E-state index contributed by atoms with van der Waals surface area (Å²) in [4.78, 5) is 16.9. The summed E-state index contributed by atoms with van der Waals surface area (Å²) in [5, 5.41) is 10.6. The molecular weight excluding hydrogens is 356 g/mol. The van der Waals surface area contributed by atoms with Crippen molar-refractivity contribution in [3.63, 3.8) is 0 Å². The summed E-state index contributed by atoms with van der Waals surface area (Å²) in [5.41, 5.74) is 3.69. The number of nitrogens with zero attached hydrogens (tertiary/aromatic N) is 6. The maximum absolute atomic E-state index is 9.47. The van der Waals surface area contributed by atoms with Crippen LogP contribution < -0.4 is 4.90 Å². The van der Waals surface area contributed by atoms with Crippen molar-refractivity contribution in [1.29, 1.82) is 5.26 Å². The van der Waals surface area contributed by atoms with Crippen LogP contribution in [0.2, 0.25) is 0 Å². The van der Waals surface area contributed by atoms with Crippen LogP contribution in [0.3, 0.4) is 0 Å². The molecule has 5 rings (SSSR count). The number of imidazole rings is 1. The standard InChI is InChI=1S/C20H16N6S/c1-12-4-3-5-15(23-12)18-19(17-8-13-10-22-7-6-16(13)27-17)26-11-14(9-21)25(2)20(26)24-18/h3-8,10,14H,11H2,1-2H3. The largest absolute Gasteiger partial charge is 0.327 e. The summed E-state index contributed by atoms with van der Waals surface area (Å²) in [5.74, 6) is 0.811. The Bertz CT molecular complexity index is 1180. The highest BCUT2D eigenvalue weighted by molar-refractivity contribution is 7.22. The van der Waals surface area contributed by atoms with Crippen LogP contribution in [0, 0.1) is 18.3 Å². The zero-order valence-corrected chi connectivity index (χ0v) is 15.7. The quantitative estimate of drug-likeness (QED) is 0.534. The third-order valence-electron chi connectivity index (χ3n) is 4.92. The third kappa shape index (κ3) is 2.41. The van der Waals surface area contributed by atoms with E-state index in [0.717, 1.165) is 39.0 Å². The van der Waals surface area contributed by atoms with E-state index < -0.39 is 0 Å². The molecule has 4 aromatic rings. The molecule has 0 fully saturated rings. The van der Waals surface area contributed by atoms with Gasteiger partial charge in [0.1, 0.15) is 11.7 Å². The maximum atomic E-state index is 9.47. The number of likely N-dealkylation sites (N-methyl/N-ethyl adjacent to an activating group) is 1. The van der Waals surface area contributed by atoms with Crippen LogP contribution in [0.25, 0.3) is 32.0 Å². The Morgan fingerprint density at radius 2 is 2.15 bits per heavy atom. The Balaban J connectivity index is 1.78. The monoisotopic (exact) mass is 372 g/mol. The summed E-state index contributed by atoms with van der Waals surface area (Å²) in [6.07, 6.45) is 3.69. The fourth-order valence-electron chi connectivity index (χ4n) is 3.55. The highest BCUT2D eigenvalue weighted by Gasteiger charge is 2.33. The number of fused-ring (bicyclic) bond motifs is 2. The number of pyridine rings is 2. The highest BCUT2D eigenvalue weighted by atomic mass is 32.1. The van der Waals surface area contributed by atoms with E-state index in [9.17, 15) is 5.26 Å². The molecule has 0 aromatic carbocycles. The molecule has 0 radical (unpaired) electrons. The molecule has 0 bridgehead atoms. The second kappa shape index (κ2) is 5.89. The van der Waals surface area contributed by atoms with Crippen LogP contribution in [0.4, 0.5) is 5.95 Å². The Morgan fingerprint density at radius 1 is 1.26 bits per heavy atom. The molecule has 1 aliphatic heterocycles. The SMILES string of the molecule is Cc1cccc(-c2nc3n(c2-c2cc4cnccc4s2)CC(C#N)N3C)n1. The molecule has 5 heterocycles. The molecule has 132 valence electrons. The molecule has 0 spiro atoms. The molecular formula is C20H16N6S. The first-order valence-corrected chi connectivity index (χ1v) is 9.48. The second-order valence-electron chi connectivity index (χ2n) is 6.66. The van der Waals surface area contributed by atoms with Crippen LogP contribution in [-0.2, 0) is 6.54 Å². The molecule has 27 heavy (non-hydrogen) atoms. The molecule has 0 N–H and O–H groups in total. The van der Waals surface area contributed by atoms with Gasteiger partial charge in [0.15, 0.2) is 0 Å². The normalized spacial score (nSPS) is 15.9. The van der Waals surface area contributed by atoms with E-state index in [-0.39, 0.29) is 6.04 Å². The lowest BCUT2D eigenvalue weighted by Crippen LogP contribution is -2.26. The van der Waals surface area contributed by atoms with Crippen LogP contribution in [0.15, 0.2) is 42.7 Å². The molecule has 4 aromatic heterocycles. The Labute approximate surface area is 160 Å². The van der Waals surface area contributed by atoms with Crippen molar-refractivity contribution in [2.24, 2.45) is 0 Å². The molecule has 7 heteroatoms. The second-order valence-corrected chi connectivity index (χ2v) is 7.75. The van der Waals surface area contributed by atoms with E-state index in [2.05, 4.69) is 21.7 Å². The molecule has 1 aliphatic rings. The Hall–Kier alpha value is -3.24. The average Bonchev–Trinajstić information content (AvgIpc) is 3.33. The minimum Gasteiger partial charge on any atom is -0.327 e. The van der Waals surface area contributed by atoms with E-state index in [0.29, 0.717) is 6.54 Å². The molecule has 0 aliphatic carbocycles. The van der Waals surface area contributed by atoms with Gasteiger partial charge in [-0.05, 0) is 31.2 Å². The first kappa shape index (κ1) is 16.0. The topological polar surface area (TPSA) is 70.6 Å². The smallest absolute Gasteiger partial charge is 0.207 e. The van der Waals surface area contributed by atoms with Crippen LogP contribution in [0.5, 0.6) is 0 Å². The minimum absolute atomic E-state index is 0.207. The van der Waals surface area contributed by atoms with Gasteiger partial charge in [-0.1, -0.05) is 6.07 Å². The predicted molar refractivity (Wildman–Crippen MR) is 107 cm³/mol. The van der Waals surface area contributed by atoms with Crippen LogP contribution in [0.1, 0.15) is 5.69 Å². The maximum Gasteiger partial charge on any atom is 0.207 e. The molecule has 0 saturated heterocycles. The van der Waals surface area contributed by atoms with E-state index in [4.69, 9.17) is 9.97 Å². The van der Waals surface area contributed by atoms with Crippen molar-refractivity contribution in [3.8, 4) is 28.0 Å². The van der Waals surface area contributed by atoms with E-state index in [1.54, 1.807) is 11.3 Å². The number of aromatic nitrogens is 4. The van der Waals surface area contributed by atoms with E-state index in [1.807, 2.05) is 55.5 Å². The number of hydrogen-bond donors (Lipinski definition) is 0. The number of rotatable bonds is 2. The lowest BCUT2D eigenvalue weighted by Gasteiger charge is -2.12. The van der Waals surface area contributed by atoms with Gasteiger partial charge in [-0.3, -0.25) is 9.97 Å². The first-order chi connectivity index (χ1) is 13.2. The summed E-state index contributed by atoms with van der Waals surface area (Å²) in [6.45, 7) is 2.58. The number of aryl methyl sites for hydroxylation is 1. The molecule has 0 amide bonds. The van der Waals surface area contributed by atoms with Gasteiger partial charge >= 0.3 is 0 Å². The number of nitriles is 1. The Morgan fingerprint density at radius 3 is 2.93 bits per heavy atom. The first-order valence-electron chi connectivity index (χ1n) is 8.66. The lowest BCUT2D eigenvalue weighted by atomic mass is 10.1. The van der Waals surface area contributed by atoms with Gasteiger partial charge in [0.2, 0.25) is 5.95 Å². The van der Waals surface area contributed by atoms with Gasteiger partial charge < -0.3 is 9.47 Å². The number of hydrogen-bond acceptors (Lipinski definition) is 6. The number of thiophene rings is 1. The molecule has 1 unspecified atom stereocenters. The van der Waals surface area contributed by atoms with Gasteiger partial charge in [-0.15, -0.1) is 11.3 Å². The zero-order valence-electron chi connectivity index (χ0n) is 14.9. The summed E-state index contributed by atoms with van der Waals surface area (Å²) in [7, 11) is 1.92. The van der Waals surface area contributed by atoms with Crippen molar-refractivity contribution in [2.75, 3.05) is 11.9 Å². The Kier molecular flexibility index (Phi) is 3.49. The fourth-order valence-corrected chi connectivity index (χ4v) is 4.63. The van der Waals surface area contributed by atoms with Gasteiger partial charge in [0.25, 0.3) is 0 Å². The lowest BCUT2D eigenvalue weighted by molar-refractivity contribution is 0.715. The van der Waals surface area contributed by atoms with Gasteiger partial charge in [-0.25, -0.2) is 4.98 Å². The van der Waals surface area contributed by atoms with E-state index >= 15 is 0 Å². The molecule has 0 saturated carbocycles. The van der Waals surface area contributed by atoms with Gasteiger partial charge in [-0.2, -0.15) is 5.26 Å². The molecule has 6 nitrogen and oxygen atoms in total. The predicted octanol–water partition coefficient (Wildman–Crippen LogP) is 3.87. The highest BCUT2D eigenvalue weighted by Crippen LogP contribution is 2.42. The van der Waals surface area contributed by atoms with Crippen molar-refractivity contribution in [3.05, 3.63) is 48.4 Å². The minimum atomic E-state index is -0.207. The summed E-state index contributed by atoms with van der Waals surface area (Å²) >= 11 is 1.71. The van der Waals surface area contributed by atoms with Crippen molar-refractivity contribution in [2.45, 2.75) is 19.5 Å². The van der Waals surface area contributed by atoms with Crippen LogP contribution in [-0.4, -0.2) is 32.6 Å². The van der Waals surface area contributed by atoms with Crippen molar-refractivity contribution < 1.29 is 0 Å². The van der Waals surface area contributed by atoms with Gasteiger partial charge in [0.05, 0.1) is 28.9 Å². The summed E-state index contributed by atoms with van der Waals surface area (Å²) in [6, 6.07) is 12.3.